The predicted octanol–water partition coefficient (Wildman–Crippen LogP) is 3.20. The molecule has 1 heterocycles. The highest BCUT2D eigenvalue weighted by molar-refractivity contribution is 14.1. The van der Waals surface area contributed by atoms with E-state index in [2.05, 4.69) is 43.6 Å². The molecule has 0 bridgehead atoms. The van der Waals surface area contributed by atoms with Gasteiger partial charge in [-0.3, -0.25) is 0 Å². The summed E-state index contributed by atoms with van der Waals surface area (Å²) in [5.74, 6) is 1.53. The van der Waals surface area contributed by atoms with Crippen LogP contribution < -0.4 is 10.5 Å². The summed E-state index contributed by atoms with van der Waals surface area (Å²) >= 11 is 5.68. The Labute approximate surface area is 128 Å². The highest BCUT2D eigenvalue weighted by Gasteiger charge is 2.10. The molecule has 1 aromatic heterocycles. The van der Waals surface area contributed by atoms with E-state index in [1.54, 1.807) is 7.11 Å². The van der Waals surface area contributed by atoms with Crippen LogP contribution in [0.5, 0.6) is 5.75 Å². The van der Waals surface area contributed by atoms with Crippen LogP contribution in [0.4, 0.5) is 5.82 Å². The molecule has 0 aliphatic rings. The fourth-order valence-electron chi connectivity index (χ4n) is 1.68. The van der Waals surface area contributed by atoms with E-state index in [1.807, 2.05) is 29.8 Å². The lowest BCUT2D eigenvalue weighted by atomic mass is 10.2. The van der Waals surface area contributed by atoms with Gasteiger partial charge in [0.2, 0.25) is 0 Å². The van der Waals surface area contributed by atoms with E-state index < -0.39 is 0 Å². The lowest BCUT2D eigenvalue weighted by molar-refractivity contribution is 0.412. The van der Waals surface area contributed by atoms with E-state index in [1.165, 1.54) is 0 Å². The van der Waals surface area contributed by atoms with Crippen molar-refractivity contribution in [3.05, 3.63) is 37.5 Å². The quantitative estimate of drug-likeness (QED) is 0.774. The van der Waals surface area contributed by atoms with E-state index in [9.17, 15) is 0 Å². The Morgan fingerprint density at radius 1 is 1.50 bits per heavy atom. The molecule has 0 fully saturated rings. The Hall–Kier alpha value is -0.760. The van der Waals surface area contributed by atoms with Crippen LogP contribution in [0.25, 0.3) is 0 Å². The molecule has 0 saturated carbocycles. The third-order valence-corrected chi connectivity index (χ3v) is 4.59. The van der Waals surface area contributed by atoms with Crippen molar-refractivity contribution >= 4 is 44.3 Å². The van der Waals surface area contributed by atoms with Gasteiger partial charge in [-0.15, -0.1) is 0 Å². The minimum atomic E-state index is 0.651. The van der Waals surface area contributed by atoms with Crippen molar-refractivity contribution in [2.45, 2.75) is 13.5 Å². The van der Waals surface area contributed by atoms with Gasteiger partial charge in [-0.25, -0.2) is 4.68 Å². The Morgan fingerprint density at radius 3 is 2.72 bits per heavy atom. The monoisotopic (exact) mass is 421 g/mol. The molecular weight excluding hydrogens is 409 g/mol. The largest absolute Gasteiger partial charge is 0.496 e. The number of hydrogen-bond donors (Lipinski definition) is 1. The second-order valence-corrected chi connectivity index (χ2v) is 5.84. The van der Waals surface area contributed by atoms with Gasteiger partial charge < -0.3 is 10.5 Å². The first-order valence-corrected chi connectivity index (χ1v) is 7.21. The number of nitrogens with zero attached hydrogens (tertiary/aromatic N) is 2. The maximum Gasteiger partial charge on any atom is 0.135 e. The Kier molecular flexibility index (Phi) is 4.16. The Morgan fingerprint density at radius 2 is 2.22 bits per heavy atom. The van der Waals surface area contributed by atoms with E-state index >= 15 is 0 Å². The van der Waals surface area contributed by atoms with Gasteiger partial charge in [0.15, 0.2) is 0 Å². The van der Waals surface area contributed by atoms with Crippen molar-refractivity contribution in [1.82, 2.24) is 9.78 Å². The molecule has 1 aromatic carbocycles. The summed E-state index contributed by atoms with van der Waals surface area (Å²) in [6.07, 6.45) is 0. The van der Waals surface area contributed by atoms with Crippen LogP contribution in [-0.4, -0.2) is 16.9 Å². The molecule has 18 heavy (non-hydrogen) atoms. The topological polar surface area (TPSA) is 53.1 Å². The lowest BCUT2D eigenvalue weighted by Crippen LogP contribution is -2.06. The molecule has 0 atom stereocenters. The van der Waals surface area contributed by atoms with E-state index in [-0.39, 0.29) is 0 Å². The van der Waals surface area contributed by atoms with Gasteiger partial charge in [0, 0.05) is 0 Å². The highest BCUT2D eigenvalue weighted by atomic mass is 127. The molecule has 0 aliphatic carbocycles. The van der Waals surface area contributed by atoms with Crippen molar-refractivity contribution in [2.75, 3.05) is 12.8 Å². The summed E-state index contributed by atoms with van der Waals surface area (Å²) in [6, 6.07) is 5.95. The number of rotatable bonds is 3. The molecule has 96 valence electrons. The minimum Gasteiger partial charge on any atom is -0.496 e. The van der Waals surface area contributed by atoms with Crippen LogP contribution in [0.3, 0.4) is 0 Å². The van der Waals surface area contributed by atoms with Gasteiger partial charge in [0.1, 0.15) is 11.6 Å². The summed E-state index contributed by atoms with van der Waals surface area (Å²) in [5.41, 5.74) is 8.08. The van der Waals surface area contributed by atoms with E-state index in [0.29, 0.717) is 12.4 Å². The first kappa shape index (κ1) is 13.7. The molecule has 2 rings (SSSR count). The zero-order valence-electron chi connectivity index (χ0n) is 10.1. The maximum atomic E-state index is 6.00. The molecule has 0 unspecified atom stereocenters. The van der Waals surface area contributed by atoms with Crippen LogP contribution in [0, 0.1) is 10.5 Å². The molecule has 0 aliphatic heterocycles. The molecule has 6 heteroatoms. The van der Waals surface area contributed by atoms with Crippen LogP contribution in [-0.2, 0) is 6.54 Å². The third-order valence-electron chi connectivity index (χ3n) is 2.64. The SMILES string of the molecule is COc1ccc(Cn2nc(C)c(I)c2N)cc1Br. The number of methoxy groups -OCH3 is 1. The second kappa shape index (κ2) is 5.48. The van der Waals surface area contributed by atoms with Crippen molar-refractivity contribution in [3.63, 3.8) is 0 Å². The molecule has 0 spiro atoms. The number of ether oxygens (including phenoxy) is 1. The van der Waals surface area contributed by atoms with Gasteiger partial charge in [-0.2, -0.15) is 5.10 Å². The first-order valence-electron chi connectivity index (χ1n) is 5.33. The highest BCUT2D eigenvalue weighted by Crippen LogP contribution is 2.26. The fraction of sp³-hybridized carbons (Fsp3) is 0.250. The molecular formula is C12H13BrIN3O. The van der Waals surface area contributed by atoms with E-state index in [4.69, 9.17) is 10.5 Å². The second-order valence-electron chi connectivity index (χ2n) is 3.91. The molecule has 4 nitrogen and oxygen atoms in total. The van der Waals surface area contributed by atoms with Gasteiger partial charge >= 0.3 is 0 Å². The molecule has 0 amide bonds. The number of benzene rings is 1. The average molecular weight is 422 g/mol. The molecule has 2 aromatic rings. The number of hydrogen-bond acceptors (Lipinski definition) is 3. The van der Waals surface area contributed by atoms with Gasteiger partial charge in [-0.05, 0) is 63.1 Å². The Bertz CT molecular complexity index is 583. The maximum absolute atomic E-state index is 6.00. The number of anilines is 1. The lowest BCUT2D eigenvalue weighted by Gasteiger charge is -2.07. The molecule has 0 saturated heterocycles. The Balaban J connectivity index is 2.28. The van der Waals surface area contributed by atoms with Crippen molar-refractivity contribution < 1.29 is 4.74 Å². The summed E-state index contributed by atoms with van der Waals surface area (Å²) in [4.78, 5) is 0. The molecule has 2 N–H and O–H groups in total. The van der Waals surface area contributed by atoms with Crippen LogP contribution in [0.15, 0.2) is 22.7 Å². The number of nitrogens with two attached hydrogens (primary N) is 1. The zero-order valence-corrected chi connectivity index (χ0v) is 13.8. The summed E-state index contributed by atoms with van der Waals surface area (Å²) in [7, 11) is 1.65. The first-order chi connectivity index (χ1) is 8.52. The molecule has 0 radical (unpaired) electrons. The van der Waals surface area contributed by atoms with Gasteiger partial charge in [-0.1, -0.05) is 6.07 Å². The number of aromatic nitrogens is 2. The fourth-order valence-corrected chi connectivity index (χ4v) is 2.65. The predicted molar refractivity (Wildman–Crippen MR) is 83.9 cm³/mol. The van der Waals surface area contributed by atoms with Crippen molar-refractivity contribution in [1.29, 1.82) is 0 Å². The van der Waals surface area contributed by atoms with Crippen LogP contribution >= 0.6 is 38.5 Å². The number of aryl methyl sites for hydroxylation is 1. The number of halogens is 2. The van der Waals surface area contributed by atoms with Crippen molar-refractivity contribution in [2.24, 2.45) is 0 Å². The minimum absolute atomic E-state index is 0.651. The summed E-state index contributed by atoms with van der Waals surface area (Å²) < 4.78 is 8.96. The van der Waals surface area contributed by atoms with Crippen molar-refractivity contribution in [3.8, 4) is 5.75 Å². The average Bonchev–Trinajstić information content (AvgIpc) is 2.57. The summed E-state index contributed by atoms with van der Waals surface area (Å²) in [6.45, 7) is 2.61. The van der Waals surface area contributed by atoms with Gasteiger partial charge in [0.05, 0.1) is 27.4 Å². The number of nitrogen functional groups attached to an aromatic ring is 1. The van der Waals surface area contributed by atoms with Crippen LogP contribution in [0.2, 0.25) is 0 Å². The van der Waals surface area contributed by atoms with Gasteiger partial charge in [0.25, 0.3) is 0 Å². The third kappa shape index (κ3) is 2.64. The zero-order chi connectivity index (χ0) is 13.3. The normalized spacial score (nSPS) is 10.7. The smallest absolute Gasteiger partial charge is 0.135 e. The van der Waals surface area contributed by atoms with E-state index in [0.717, 1.165) is 25.0 Å². The van der Waals surface area contributed by atoms with Crippen LogP contribution in [0.1, 0.15) is 11.3 Å². The standard InChI is InChI=1S/C12H13BrIN3O/c1-7-11(14)12(15)17(16-7)6-8-3-4-10(18-2)9(13)5-8/h3-5H,6,15H2,1-2H3. The summed E-state index contributed by atoms with van der Waals surface area (Å²) in [5, 5.41) is 4.41.